The van der Waals surface area contributed by atoms with Crippen LogP contribution in [0, 0.1) is 5.92 Å². The van der Waals surface area contributed by atoms with E-state index in [9.17, 15) is 4.79 Å². The Morgan fingerprint density at radius 3 is 2.81 bits per heavy atom. The van der Waals surface area contributed by atoms with Gasteiger partial charge in [-0.2, -0.15) is 0 Å². The third kappa shape index (κ3) is 2.67. The van der Waals surface area contributed by atoms with Crippen LogP contribution in [0.25, 0.3) is 0 Å². The molecule has 0 unspecified atom stereocenters. The van der Waals surface area contributed by atoms with Crippen LogP contribution in [0.2, 0.25) is 0 Å². The van der Waals surface area contributed by atoms with Gasteiger partial charge in [-0.1, -0.05) is 25.7 Å². The second-order valence-corrected chi connectivity index (χ2v) is 5.40. The van der Waals surface area contributed by atoms with Crippen molar-refractivity contribution in [1.29, 1.82) is 0 Å². The van der Waals surface area contributed by atoms with E-state index in [0.717, 1.165) is 23.4 Å². The summed E-state index contributed by atoms with van der Waals surface area (Å²) >= 11 is 3.32. The van der Waals surface area contributed by atoms with Gasteiger partial charge in [0.2, 0.25) is 0 Å². The number of aromatic carboxylic acids is 1. The van der Waals surface area contributed by atoms with Gasteiger partial charge in [0.05, 0.1) is 0 Å². The van der Waals surface area contributed by atoms with Gasteiger partial charge in [0.25, 0.3) is 0 Å². The van der Waals surface area contributed by atoms with Crippen LogP contribution in [-0.2, 0) is 6.54 Å². The van der Waals surface area contributed by atoms with Gasteiger partial charge in [-0.15, -0.1) is 0 Å². The molecule has 0 aromatic carbocycles. The van der Waals surface area contributed by atoms with Gasteiger partial charge in [0.1, 0.15) is 5.69 Å². The number of carbonyl (C=O) groups is 1. The molecule has 0 saturated heterocycles. The number of halogens is 1. The van der Waals surface area contributed by atoms with Crippen LogP contribution in [0.3, 0.4) is 0 Å². The van der Waals surface area contributed by atoms with Crippen LogP contribution in [0.1, 0.15) is 42.6 Å². The topological polar surface area (TPSA) is 42.2 Å². The van der Waals surface area contributed by atoms with Crippen molar-refractivity contribution in [2.24, 2.45) is 5.92 Å². The highest BCUT2D eigenvalue weighted by atomic mass is 79.9. The van der Waals surface area contributed by atoms with E-state index >= 15 is 0 Å². The Balaban J connectivity index is 1.99. The van der Waals surface area contributed by atoms with Crippen LogP contribution < -0.4 is 0 Å². The number of rotatable bonds is 4. The summed E-state index contributed by atoms with van der Waals surface area (Å²) in [5.74, 6) is -0.0556. The minimum atomic E-state index is -0.850. The molecule has 0 bridgehead atoms. The van der Waals surface area contributed by atoms with Crippen LogP contribution in [0.5, 0.6) is 0 Å². The fraction of sp³-hybridized carbons (Fsp3) is 0.583. The third-order valence-corrected chi connectivity index (χ3v) is 3.77. The highest BCUT2D eigenvalue weighted by Crippen LogP contribution is 2.28. The number of carboxylic acid groups (broad SMARTS) is 1. The smallest absolute Gasteiger partial charge is 0.352 e. The maximum atomic E-state index is 11.0. The Morgan fingerprint density at radius 2 is 2.19 bits per heavy atom. The van der Waals surface area contributed by atoms with Gasteiger partial charge in [-0.25, -0.2) is 4.79 Å². The third-order valence-electron chi connectivity index (χ3n) is 3.34. The molecule has 1 saturated carbocycles. The van der Waals surface area contributed by atoms with Crippen molar-refractivity contribution in [3.8, 4) is 0 Å². The summed E-state index contributed by atoms with van der Waals surface area (Å²) in [5.41, 5.74) is 0.380. The maximum Gasteiger partial charge on any atom is 0.352 e. The Hall–Kier alpha value is -0.770. The van der Waals surface area contributed by atoms with Crippen molar-refractivity contribution < 1.29 is 9.90 Å². The van der Waals surface area contributed by atoms with E-state index in [-0.39, 0.29) is 0 Å². The first kappa shape index (κ1) is 11.7. The average Bonchev–Trinajstić information content (AvgIpc) is 2.83. The number of hydrogen-bond donors (Lipinski definition) is 1. The zero-order valence-electron chi connectivity index (χ0n) is 9.16. The van der Waals surface area contributed by atoms with Crippen LogP contribution in [0.15, 0.2) is 16.7 Å². The highest BCUT2D eigenvalue weighted by Gasteiger charge is 2.16. The van der Waals surface area contributed by atoms with Gasteiger partial charge in [-0.05, 0) is 34.3 Å². The Morgan fingerprint density at radius 1 is 1.50 bits per heavy atom. The second-order valence-electron chi connectivity index (χ2n) is 4.48. The predicted molar refractivity (Wildman–Crippen MR) is 65.7 cm³/mol. The fourth-order valence-corrected chi connectivity index (χ4v) is 2.92. The second kappa shape index (κ2) is 5.04. The summed E-state index contributed by atoms with van der Waals surface area (Å²) < 4.78 is 2.68. The molecule has 1 fully saturated rings. The van der Waals surface area contributed by atoms with Gasteiger partial charge in [0.15, 0.2) is 0 Å². The van der Waals surface area contributed by atoms with E-state index in [1.165, 1.54) is 25.7 Å². The number of nitrogens with zero attached hydrogens (tertiary/aromatic N) is 1. The average molecular weight is 286 g/mol. The number of aryl methyl sites for hydroxylation is 1. The van der Waals surface area contributed by atoms with Crippen LogP contribution in [-0.4, -0.2) is 15.6 Å². The lowest BCUT2D eigenvalue weighted by atomic mass is 10.0. The Labute approximate surface area is 104 Å². The van der Waals surface area contributed by atoms with E-state index < -0.39 is 5.97 Å². The zero-order chi connectivity index (χ0) is 11.5. The fourth-order valence-electron chi connectivity index (χ4n) is 2.46. The van der Waals surface area contributed by atoms with E-state index in [2.05, 4.69) is 15.9 Å². The first-order valence-electron chi connectivity index (χ1n) is 5.76. The van der Waals surface area contributed by atoms with E-state index in [1.807, 2.05) is 10.8 Å². The summed E-state index contributed by atoms with van der Waals surface area (Å²) in [7, 11) is 0. The molecule has 2 rings (SSSR count). The van der Waals surface area contributed by atoms with E-state index in [0.29, 0.717) is 5.69 Å². The predicted octanol–water partition coefficient (Wildman–Crippen LogP) is 3.53. The molecule has 0 atom stereocenters. The number of hydrogen-bond acceptors (Lipinski definition) is 1. The SMILES string of the molecule is O=C(O)c1cc(Br)cn1CCC1CCCC1. The molecule has 0 aliphatic heterocycles. The molecule has 1 aliphatic carbocycles. The molecule has 1 aromatic heterocycles. The number of aromatic nitrogens is 1. The monoisotopic (exact) mass is 285 g/mol. The van der Waals surface area contributed by atoms with Crippen LogP contribution in [0.4, 0.5) is 0 Å². The van der Waals surface area contributed by atoms with Crippen molar-refractivity contribution in [3.63, 3.8) is 0 Å². The van der Waals surface area contributed by atoms with Gasteiger partial charge in [-0.3, -0.25) is 0 Å². The molecular formula is C12H16BrNO2. The molecule has 0 spiro atoms. The quantitative estimate of drug-likeness (QED) is 0.920. The molecular weight excluding hydrogens is 270 g/mol. The standard InChI is InChI=1S/C12H16BrNO2/c13-10-7-11(12(15)16)14(8-10)6-5-9-3-1-2-4-9/h7-9H,1-6H2,(H,15,16). The lowest BCUT2D eigenvalue weighted by Gasteiger charge is -2.10. The van der Waals surface area contributed by atoms with Crippen molar-refractivity contribution in [2.75, 3.05) is 0 Å². The molecule has 16 heavy (non-hydrogen) atoms. The summed E-state index contributed by atoms with van der Waals surface area (Å²) in [5, 5.41) is 9.03. The minimum absolute atomic E-state index is 0.380. The Kier molecular flexibility index (Phi) is 3.69. The normalized spacial score (nSPS) is 16.8. The van der Waals surface area contributed by atoms with Crippen LogP contribution >= 0.6 is 15.9 Å². The molecule has 0 amide bonds. The van der Waals surface area contributed by atoms with Crippen molar-refractivity contribution in [1.82, 2.24) is 4.57 Å². The first-order chi connectivity index (χ1) is 7.66. The van der Waals surface area contributed by atoms with Crippen molar-refractivity contribution in [2.45, 2.75) is 38.6 Å². The molecule has 88 valence electrons. The van der Waals surface area contributed by atoms with Gasteiger partial charge < -0.3 is 9.67 Å². The molecule has 1 aliphatic rings. The molecule has 4 heteroatoms. The summed E-state index contributed by atoms with van der Waals surface area (Å²) in [6.45, 7) is 0.817. The molecule has 1 heterocycles. The molecule has 0 radical (unpaired) electrons. The molecule has 1 N–H and O–H groups in total. The van der Waals surface area contributed by atoms with Gasteiger partial charge in [0, 0.05) is 17.2 Å². The summed E-state index contributed by atoms with van der Waals surface area (Å²) in [6.07, 6.45) is 8.26. The summed E-state index contributed by atoms with van der Waals surface area (Å²) in [6, 6.07) is 1.66. The first-order valence-corrected chi connectivity index (χ1v) is 6.55. The maximum absolute atomic E-state index is 11.0. The van der Waals surface area contributed by atoms with Crippen molar-refractivity contribution in [3.05, 3.63) is 22.4 Å². The highest BCUT2D eigenvalue weighted by molar-refractivity contribution is 9.10. The lowest BCUT2D eigenvalue weighted by Crippen LogP contribution is -2.09. The lowest BCUT2D eigenvalue weighted by molar-refractivity contribution is 0.0684. The summed E-state index contributed by atoms with van der Waals surface area (Å²) in [4.78, 5) is 11.0. The van der Waals surface area contributed by atoms with E-state index in [1.54, 1.807) is 6.07 Å². The molecule has 3 nitrogen and oxygen atoms in total. The minimum Gasteiger partial charge on any atom is -0.477 e. The van der Waals surface area contributed by atoms with E-state index in [4.69, 9.17) is 5.11 Å². The largest absolute Gasteiger partial charge is 0.477 e. The van der Waals surface area contributed by atoms with Crippen molar-refractivity contribution >= 4 is 21.9 Å². The Bertz CT molecular complexity index is 380. The number of carboxylic acids is 1. The molecule has 1 aromatic rings. The van der Waals surface area contributed by atoms with Gasteiger partial charge >= 0.3 is 5.97 Å². The zero-order valence-corrected chi connectivity index (χ0v) is 10.7.